The molecule has 0 radical (unpaired) electrons. The first-order valence-electron chi connectivity index (χ1n) is 5.25. The van der Waals surface area contributed by atoms with Crippen LogP contribution in [0, 0.1) is 6.92 Å². The van der Waals surface area contributed by atoms with Gasteiger partial charge in [0.05, 0.1) is 5.69 Å². The highest BCUT2D eigenvalue weighted by atomic mass is 14.9. The number of aryl methyl sites for hydroxylation is 2. The molecule has 0 aliphatic heterocycles. The van der Waals surface area contributed by atoms with Crippen LogP contribution in [0.15, 0.2) is 24.4 Å². The minimum atomic E-state index is 0.510. The highest BCUT2D eigenvalue weighted by Gasteiger charge is 2.04. The van der Waals surface area contributed by atoms with Crippen LogP contribution in [0.4, 0.5) is 5.82 Å². The molecule has 2 aromatic heterocycles. The van der Waals surface area contributed by atoms with Gasteiger partial charge in [0.15, 0.2) is 0 Å². The number of rotatable bonds is 2. The van der Waals surface area contributed by atoms with E-state index in [1.165, 1.54) is 0 Å². The Morgan fingerprint density at radius 2 is 2.06 bits per heavy atom. The SMILES string of the molecule is CCc1nc(N)cc(-c2ccnc(C)c2)n1. The van der Waals surface area contributed by atoms with Gasteiger partial charge in [0.1, 0.15) is 11.6 Å². The van der Waals surface area contributed by atoms with Gasteiger partial charge in [-0.1, -0.05) is 6.92 Å². The molecule has 2 heterocycles. The van der Waals surface area contributed by atoms with Crippen LogP contribution in [-0.2, 0) is 6.42 Å². The zero-order valence-corrected chi connectivity index (χ0v) is 9.44. The molecule has 0 saturated heterocycles. The Hall–Kier alpha value is -1.97. The first-order valence-corrected chi connectivity index (χ1v) is 5.25. The summed E-state index contributed by atoms with van der Waals surface area (Å²) in [6, 6.07) is 5.70. The summed E-state index contributed by atoms with van der Waals surface area (Å²) in [5, 5.41) is 0. The van der Waals surface area contributed by atoms with E-state index in [0.717, 1.165) is 29.2 Å². The molecular formula is C12H14N4. The van der Waals surface area contributed by atoms with Gasteiger partial charge in [0.2, 0.25) is 0 Å². The van der Waals surface area contributed by atoms with Crippen molar-refractivity contribution in [3.05, 3.63) is 35.9 Å². The summed E-state index contributed by atoms with van der Waals surface area (Å²) in [6.45, 7) is 3.96. The number of hydrogen-bond donors (Lipinski definition) is 1. The van der Waals surface area contributed by atoms with Crippen LogP contribution < -0.4 is 5.73 Å². The fraction of sp³-hybridized carbons (Fsp3) is 0.250. The van der Waals surface area contributed by atoms with Crippen LogP contribution in [0.2, 0.25) is 0 Å². The molecule has 2 rings (SSSR count). The lowest BCUT2D eigenvalue weighted by molar-refractivity contribution is 0.948. The second kappa shape index (κ2) is 4.26. The lowest BCUT2D eigenvalue weighted by Crippen LogP contribution is -2.00. The molecule has 0 aliphatic carbocycles. The van der Waals surface area contributed by atoms with Gasteiger partial charge in [0.25, 0.3) is 0 Å². The molecule has 0 fully saturated rings. The minimum absolute atomic E-state index is 0.510. The van der Waals surface area contributed by atoms with Crippen LogP contribution in [0.25, 0.3) is 11.3 Å². The van der Waals surface area contributed by atoms with E-state index in [-0.39, 0.29) is 0 Å². The molecule has 0 spiro atoms. The van der Waals surface area contributed by atoms with Crippen molar-refractivity contribution in [2.75, 3.05) is 5.73 Å². The Bertz CT molecular complexity index is 508. The highest BCUT2D eigenvalue weighted by molar-refractivity contribution is 5.61. The van der Waals surface area contributed by atoms with Crippen molar-refractivity contribution >= 4 is 5.82 Å². The molecular weight excluding hydrogens is 200 g/mol. The van der Waals surface area contributed by atoms with Gasteiger partial charge in [-0.05, 0) is 19.1 Å². The van der Waals surface area contributed by atoms with Gasteiger partial charge in [-0.3, -0.25) is 4.98 Å². The van der Waals surface area contributed by atoms with E-state index in [1.807, 2.05) is 26.0 Å². The second-order valence-electron chi connectivity index (χ2n) is 3.63. The number of aromatic nitrogens is 3. The van der Waals surface area contributed by atoms with Crippen LogP contribution in [0.1, 0.15) is 18.4 Å². The molecule has 0 atom stereocenters. The summed E-state index contributed by atoms with van der Waals surface area (Å²) >= 11 is 0. The number of nitrogen functional groups attached to an aromatic ring is 1. The molecule has 0 amide bonds. The number of nitrogens with zero attached hydrogens (tertiary/aromatic N) is 3. The molecule has 82 valence electrons. The summed E-state index contributed by atoms with van der Waals surface area (Å²) in [4.78, 5) is 12.8. The molecule has 16 heavy (non-hydrogen) atoms. The summed E-state index contributed by atoms with van der Waals surface area (Å²) in [5.74, 6) is 1.28. The van der Waals surface area contributed by atoms with Gasteiger partial charge < -0.3 is 5.73 Å². The third-order valence-electron chi connectivity index (χ3n) is 2.30. The number of anilines is 1. The van der Waals surface area contributed by atoms with Crippen molar-refractivity contribution < 1.29 is 0 Å². The fourth-order valence-corrected chi connectivity index (χ4v) is 1.53. The Labute approximate surface area is 94.6 Å². The predicted molar refractivity (Wildman–Crippen MR) is 63.8 cm³/mol. The first kappa shape index (κ1) is 10.5. The predicted octanol–water partition coefficient (Wildman–Crippen LogP) is 1.99. The minimum Gasteiger partial charge on any atom is -0.384 e. The van der Waals surface area contributed by atoms with Gasteiger partial charge in [-0.15, -0.1) is 0 Å². The van der Waals surface area contributed by atoms with Crippen molar-refractivity contribution in [2.24, 2.45) is 0 Å². The zero-order chi connectivity index (χ0) is 11.5. The zero-order valence-electron chi connectivity index (χ0n) is 9.44. The van der Waals surface area contributed by atoms with Crippen LogP contribution in [-0.4, -0.2) is 15.0 Å². The Morgan fingerprint density at radius 3 is 2.75 bits per heavy atom. The third-order valence-corrected chi connectivity index (χ3v) is 2.30. The van der Waals surface area contributed by atoms with Gasteiger partial charge in [0, 0.05) is 29.9 Å². The molecule has 0 saturated carbocycles. The standard InChI is InChI=1S/C12H14N4/c1-3-12-15-10(7-11(13)16-12)9-4-5-14-8(2)6-9/h4-7H,3H2,1-2H3,(H2,13,15,16). The topological polar surface area (TPSA) is 64.7 Å². The normalized spacial score (nSPS) is 10.4. The van der Waals surface area contributed by atoms with E-state index >= 15 is 0 Å². The molecule has 0 bridgehead atoms. The van der Waals surface area contributed by atoms with Crippen LogP contribution in [0.3, 0.4) is 0 Å². The van der Waals surface area contributed by atoms with Gasteiger partial charge >= 0.3 is 0 Å². The average Bonchev–Trinajstić information content (AvgIpc) is 2.28. The van der Waals surface area contributed by atoms with Crippen LogP contribution in [0.5, 0.6) is 0 Å². The van der Waals surface area contributed by atoms with Crippen molar-refractivity contribution in [2.45, 2.75) is 20.3 Å². The fourth-order valence-electron chi connectivity index (χ4n) is 1.53. The maximum absolute atomic E-state index is 5.74. The van der Waals surface area contributed by atoms with E-state index in [0.29, 0.717) is 5.82 Å². The van der Waals surface area contributed by atoms with Crippen molar-refractivity contribution in [1.29, 1.82) is 0 Å². The lowest BCUT2D eigenvalue weighted by atomic mass is 10.1. The summed E-state index contributed by atoms with van der Waals surface area (Å²) < 4.78 is 0. The summed E-state index contributed by atoms with van der Waals surface area (Å²) in [7, 11) is 0. The maximum Gasteiger partial charge on any atom is 0.131 e. The molecule has 2 aromatic rings. The van der Waals surface area contributed by atoms with E-state index < -0.39 is 0 Å². The third kappa shape index (κ3) is 2.16. The molecule has 0 aliphatic rings. The number of pyridine rings is 1. The van der Waals surface area contributed by atoms with E-state index in [4.69, 9.17) is 5.73 Å². The van der Waals surface area contributed by atoms with Crippen molar-refractivity contribution in [3.8, 4) is 11.3 Å². The average molecular weight is 214 g/mol. The second-order valence-corrected chi connectivity index (χ2v) is 3.63. The summed E-state index contributed by atoms with van der Waals surface area (Å²) in [6.07, 6.45) is 2.55. The van der Waals surface area contributed by atoms with Gasteiger partial charge in [-0.25, -0.2) is 9.97 Å². The monoisotopic (exact) mass is 214 g/mol. The van der Waals surface area contributed by atoms with E-state index in [1.54, 1.807) is 12.3 Å². The smallest absolute Gasteiger partial charge is 0.131 e. The maximum atomic E-state index is 5.74. The first-order chi connectivity index (χ1) is 7.69. The summed E-state index contributed by atoms with van der Waals surface area (Å²) in [5.41, 5.74) is 8.59. The highest BCUT2D eigenvalue weighted by Crippen LogP contribution is 2.18. The largest absolute Gasteiger partial charge is 0.384 e. The lowest BCUT2D eigenvalue weighted by Gasteiger charge is -2.05. The molecule has 2 N–H and O–H groups in total. The van der Waals surface area contributed by atoms with Crippen LogP contribution >= 0.6 is 0 Å². The van der Waals surface area contributed by atoms with Crippen molar-refractivity contribution in [3.63, 3.8) is 0 Å². The van der Waals surface area contributed by atoms with E-state index in [9.17, 15) is 0 Å². The Morgan fingerprint density at radius 1 is 1.25 bits per heavy atom. The van der Waals surface area contributed by atoms with Gasteiger partial charge in [-0.2, -0.15) is 0 Å². The van der Waals surface area contributed by atoms with E-state index in [2.05, 4.69) is 15.0 Å². The van der Waals surface area contributed by atoms with Crippen molar-refractivity contribution in [1.82, 2.24) is 15.0 Å². The Balaban J connectivity index is 2.51. The Kier molecular flexibility index (Phi) is 2.81. The number of hydrogen-bond acceptors (Lipinski definition) is 4. The molecule has 4 heteroatoms. The quantitative estimate of drug-likeness (QED) is 0.830. The molecule has 4 nitrogen and oxygen atoms in total. The number of nitrogens with two attached hydrogens (primary N) is 1. The molecule has 0 unspecified atom stereocenters. The molecule has 0 aromatic carbocycles.